The molecular formula is C27H25N3O2. The number of aromatic nitrogens is 1. The van der Waals surface area contributed by atoms with Crippen molar-refractivity contribution in [2.75, 3.05) is 12.4 Å². The Morgan fingerprint density at radius 1 is 0.938 bits per heavy atom. The van der Waals surface area contributed by atoms with E-state index >= 15 is 0 Å². The van der Waals surface area contributed by atoms with Crippen LogP contribution in [0.4, 0.5) is 5.69 Å². The van der Waals surface area contributed by atoms with Gasteiger partial charge in [0.25, 0.3) is 5.91 Å². The summed E-state index contributed by atoms with van der Waals surface area (Å²) in [6.45, 7) is 1.98. The van der Waals surface area contributed by atoms with Gasteiger partial charge < -0.3 is 10.2 Å². The average molecular weight is 424 g/mol. The number of amides is 2. The molecule has 3 aromatic carbocycles. The molecule has 0 aliphatic carbocycles. The Hall–Kier alpha value is -3.99. The van der Waals surface area contributed by atoms with Gasteiger partial charge in [0.1, 0.15) is 0 Å². The Morgan fingerprint density at radius 3 is 2.50 bits per heavy atom. The van der Waals surface area contributed by atoms with Gasteiger partial charge in [-0.15, -0.1) is 0 Å². The molecule has 0 aliphatic rings. The first-order valence-electron chi connectivity index (χ1n) is 10.6. The minimum atomic E-state index is -0.164. The van der Waals surface area contributed by atoms with E-state index in [2.05, 4.69) is 10.3 Å². The van der Waals surface area contributed by atoms with Crippen LogP contribution in [-0.2, 0) is 11.2 Å². The number of fused-ring (bicyclic) bond motifs is 1. The SMILES string of the molecule is CC(c1cccc(NC(=O)c2ccccc2)c1)N(C)C(=O)Cc1cccc2cccnc12. The first-order chi connectivity index (χ1) is 15.5. The van der Waals surface area contributed by atoms with Crippen molar-refractivity contribution in [1.82, 2.24) is 9.88 Å². The number of carbonyl (C=O) groups is 2. The third-order valence-corrected chi connectivity index (χ3v) is 5.70. The van der Waals surface area contributed by atoms with Crippen LogP contribution in [0, 0.1) is 0 Å². The first-order valence-corrected chi connectivity index (χ1v) is 10.6. The van der Waals surface area contributed by atoms with Gasteiger partial charge in [-0.2, -0.15) is 0 Å². The van der Waals surface area contributed by atoms with Crippen molar-refractivity contribution in [3.8, 4) is 0 Å². The van der Waals surface area contributed by atoms with Crippen molar-refractivity contribution in [3.63, 3.8) is 0 Å². The predicted octanol–water partition coefficient (Wildman–Crippen LogP) is 5.25. The summed E-state index contributed by atoms with van der Waals surface area (Å²) in [4.78, 5) is 31.7. The second-order valence-corrected chi connectivity index (χ2v) is 7.80. The van der Waals surface area contributed by atoms with Crippen LogP contribution in [0.5, 0.6) is 0 Å². The summed E-state index contributed by atoms with van der Waals surface area (Å²) in [5, 5.41) is 3.95. The van der Waals surface area contributed by atoms with E-state index in [4.69, 9.17) is 0 Å². The number of pyridine rings is 1. The zero-order valence-corrected chi connectivity index (χ0v) is 18.2. The molecule has 1 aromatic heterocycles. The maximum Gasteiger partial charge on any atom is 0.255 e. The molecule has 0 spiro atoms. The van der Waals surface area contributed by atoms with Crippen LogP contribution in [0.2, 0.25) is 0 Å². The smallest absolute Gasteiger partial charge is 0.255 e. The number of carbonyl (C=O) groups excluding carboxylic acids is 2. The van der Waals surface area contributed by atoms with Gasteiger partial charge in [-0.1, -0.05) is 54.6 Å². The number of hydrogen-bond donors (Lipinski definition) is 1. The number of likely N-dealkylation sites (N-methyl/N-ethyl adjacent to an activating group) is 1. The fraction of sp³-hybridized carbons (Fsp3) is 0.148. The normalized spacial score (nSPS) is 11.7. The van der Waals surface area contributed by atoms with Crippen molar-refractivity contribution < 1.29 is 9.59 Å². The lowest BCUT2D eigenvalue weighted by atomic mass is 10.0. The summed E-state index contributed by atoms with van der Waals surface area (Å²) in [5.41, 5.74) is 4.01. The Kier molecular flexibility index (Phi) is 6.26. The molecule has 0 saturated carbocycles. The van der Waals surface area contributed by atoms with Gasteiger partial charge in [-0.3, -0.25) is 14.6 Å². The largest absolute Gasteiger partial charge is 0.339 e. The molecule has 0 saturated heterocycles. The molecule has 4 rings (SSSR count). The molecule has 0 bridgehead atoms. The van der Waals surface area contributed by atoms with Gasteiger partial charge in [0.15, 0.2) is 0 Å². The summed E-state index contributed by atoms with van der Waals surface area (Å²) < 4.78 is 0. The van der Waals surface area contributed by atoms with Crippen LogP contribution in [0.25, 0.3) is 10.9 Å². The van der Waals surface area contributed by atoms with E-state index in [9.17, 15) is 9.59 Å². The summed E-state index contributed by atoms with van der Waals surface area (Å²) in [7, 11) is 1.81. The number of nitrogens with zero attached hydrogens (tertiary/aromatic N) is 2. The highest BCUT2D eigenvalue weighted by atomic mass is 16.2. The number of rotatable bonds is 6. The number of benzene rings is 3. The van der Waals surface area contributed by atoms with Gasteiger partial charge in [-0.05, 0) is 48.4 Å². The molecule has 5 nitrogen and oxygen atoms in total. The van der Waals surface area contributed by atoms with Gasteiger partial charge in [0.05, 0.1) is 18.0 Å². The monoisotopic (exact) mass is 423 g/mol. The van der Waals surface area contributed by atoms with E-state index in [-0.39, 0.29) is 24.3 Å². The Balaban J connectivity index is 1.47. The maximum absolute atomic E-state index is 13.0. The van der Waals surface area contributed by atoms with E-state index in [1.807, 2.05) is 79.7 Å². The van der Waals surface area contributed by atoms with E-state index in [1.54, 1.807) is 30.3 Å². The molecule has 32 heavy (non-hydrogen) atoms. The molecule has 4 aromatic rings. The highest BCUT2D eigenvalue weighted by Crippen LogP contribution is 2.24. The highest BCUT2D eigenvalue weighted by molar-refractivity contribution is 6.04. The topological polar surface area (TPSA) is 62.3 Å². The van der Waals surface area contributed by atoms with E-state index in [0.717, 1.165) is 22.0 Å². The molecule has 1 N–H and O–H groups in total. The number of hydrogen-bond acceptors (Lipinski definition) is 3. The second kappa shape index (κ2) is 9.43. The van der Waals surface area contributed by atoms with E-state index < -0.39 is 0 Å². The van der Waals surface area contributed by atoms with E-state index in [1.165, 1.54) is 0 Å². The molecule has 1 heterocycles. The quantitative estimate of drug-likeness (QED) is 0.461. The molecule has 0 radical (unpaired) electrons. The van der Waals surface area contributed by atoms with Crippen molar-refractivity contribution in [3.05, 3.63) is 108 Å². The zero-order chi connectivity index (χ0) is 22.5. The van der Waals surface area contributed by atoms with Crippen molar-refractivity contribution in [1.29, 1.82) is 0 Å². The van der Waals surface area contributed by atoms with Crippen LogP contribution >= 0.6 is 0 Å². The molecule has 5 heteroatoms. The van der Waals surface area contributed by atoms with Crippen molar-refractivity contribution in [2.24, 2.45) is 0 Å². The van der Waals surface area contributed by atoms with Crippen molar-refractivity contribution in [2.45, 2.75) is 19.4 Å². The Bertz CT molecular complexity index is 1250. The highest BCUT2D eigenvalue weighted by Gasteiger charge is 2.19. The third kappa shape index (κ3) is 4.67. The molecule has 160 valence electrons. The summed E-state index contributed by atoms with van der Waals surface area (Å²) >= 11 is 0. The number of nitrogens with one attached hydrogen (secondary N) is 1. The van der Waals surface area contributed by atoms with Crippen molar-refractivity contribution >= 4 is 28.4 Å². The lowest BCUT2D eigenvalue weighted by Gasteiger charge is -2.26. The third-order valence-electron chi connectivity index (χ3n) is 5.70. The molecular weight excluding hydrogens is 398 g/mol. The van der Waals surface area contributed by atoms with Gasteiger partial charge >= 0.3 is 0 Å². The summed E-state index contributed by atoms with van der Waals surface area (Å²) in [5.74, 6) is -0.155. The van der Waals surface area contributed by atoms with Crippen LogP contribution in [0.1, 0.15) is 34.5 Å². The predicted molar refractivity (Wildman–Crippen MR) is 127 cm³/mol. The van der Waals surface area contributed by atoms with Crippen LogP contribution < -0.4 is 5.32 Å². The van der Waals surface area contributed by atoms with Crippen LogP contribution in [0.15, 0.2) is 91.1 Å². The van der Waals surface area contributed by atoms with E-state index in [0.29, 0.717) is 11.3 Å². The number of para-hydroxylation sites is 1. The standard InChI is InChI=1S/C27H25N3O2/c1-19(22-12-7-15-24(17-22)29-27(32)21-9-4-3-5-10-21)30(2)25(31)18-23-13-6-11-20-14-8-16-28-26(20)23/h3-17,19H,18H2,1-2H3,(H,29,32). The average Bonchev–Trinajstić information content (AvgIpc) is 2.84. The minimum Gasteiger partial charge on any atom is -0.339 e. The number of anilines is 1. The van der Waals surface area contributed by atoms with Gasteiger partial charge in [-0.25, -0.2) is 0 Å². The summed E-state index contributed by atoms with van der Waals surface area (Å²) in [6.07, 6.45) is 2.03. The maximum atomic E-state index is 13.0. The fourth-order valence-electron chi connectivity index (χ4n) is 3.71. The van der Waals surface area contributed by atoms with Gasteiger partial charge in [0.2, 0.25) is 5.91 Å². The zero-order valence-electron chi connectivity index (χ0n) is 18.2. The molecule has 2 amide bonds. The lowest BCUT2D eigenvalue weighted by molar-refractivity contribution is -0.131. The second-order valence-electron chi connectivity index (χ2n) is 7.80. The molecule has 0 fully saturated rings. The summed E-state index contributed by atoms with van der Waals surface area (Å²) in [6, 6.07) is 26.3. The molecule has 1 unspecified atom stereocenters. The minimum absolute atomic E-state index is 0.00868. The molecule has 0 aliphatic heterocycles. The van der Waals surface area contributed by atoms with Crippen LogP contribution in [-0.4, -0.2) is 28.7 Å². The molecule has 1 atom stereocenters. The Morgan fingerprint density at radius 2 is 1.69 bits per heavy atom. The van der Waals surface area contributed by atoms with Crippen LogP contribution in [0.3, 0.4) is 0 Å². The fourth-order valence-corrected chi connectivity index (χ4v) is 3.71. The Labute approximate surface area is 187 Å². The van der Waals surface area contributed by atoms with Gasteiger partial charge in [0, 0.05) is 29.9 Å². The first kappa shape index (κ1) is 21.2. The lowest BCUT2D eigenvalue weighted by Crippen LogP contribution is -2.31.